The maximum atomic E-state index is 12.4. The summed E-state index contributed by atoms with van der Waals surface area (Å²) in [6.07, 6.45) is -4.44. The average Bonchev–Trinajstić information content (AvgIpc) is 2.06. The molecule has 0 aliphatic carbocycles. The Hall–Kier alpha value is -0.420. The van der Waals surface area contributed by atoms with Crippen LogP contribution in [-0.4, -0.2) is 0 Å². The van der Waals surface area contributed by atoms with Gasteiger partial charge in [-0.1, -0.05) is 0 Å². The number of nitriles is 1. The lowest BCUT2D eigenvalue weighted by atomic mass is 10.1. The van der Waals surface area contributed by atoms with Crippen molar-refractivity contribution < 1.29 is 13.2 Å². The molecular weight excluding hydrogens is 326 g/mol. The zero-order chi connectivity index (χ0) is 10.9. The molecule has 1 rings (SSSR count). The van der Waals surface area contributed by atoms with Gasteiger partial charge in [0.25, 0.3) is 0 Å². The van der Waals surface area contributed by atoms with E-state index in [-0.39, 0.29) is 14.0 Å². The van der Waals surface area contributed by atoms with Gasteiger partial charge in [0.05, 0.1) is 11.1 Å². The van der Waals surface area contributed by atoms with Crippen LogP contribution in [0.2, 0.25) is 0 Å². The van der Waals surface area contributed by atoms with Gasteiger partial charge in [-0.15, -0.1) is 12.6 Å². The number of hydrogen-bond donors (Lipinski definition) is 1. The average molecular weight is 329 g/mol. The molecule has 0 unspecified atom stereocenters. The van der Waals surface area contributed by atoms with Crippen molar-refractivity contribution in [3.63, 3.8) is 0 Å². The van der Waals surface area contributed by atoms with Crippen LogP contribution < -0.4 is 0 Å². The summed E-state index contributed by atoms with van der Waals surface area (Å²) in [4.78, 5) is 0.134. The molecular formula is C8H3F3INS. The van der Waals surface area contributed by atoms with Gasteiger partial charge in [-0.3, -0.25) is 0 Å². The first-order chi connectivity index (χ1) is 6.36. The zero-order valence-electron chi connectivity index (χ0n) is 6.56. The first-order valence-electron chi connectivity index (χ1n) is 3.36. The Bertz CT molecular complexity index is 408. The molecule has 0 aliphatic rings. The quantitative estimate of drug-likeness (QED) is 0.572. The molecule has 1 aromatic rings. The van der Waals surface area contributed by atoms with Gasteiger partial charge in [-0.05, 0) is 34.7 Å². The lowest BCUT2D eigenvalue weighted by Crippen LogP contribution is -2.08. The van der Waals surface area contributed by atoms with Crippen LogP contribution in [0, 0.1) is 14.9 Å². The third-order valence-corrected chi connectivity index (χ3v) is 2.90. The summed E-state index contributed by atoms with van der Waals surface area (Å²) in [7, 11) is 0. The Labute approximate surface area is 97.5 Å². The topological polar surface area (TPSA) is 23.8 Å². The predicted octanol–water partition coefficient (Wildman–Crippen LogP) is 3.47. The monoisotopic (exact) mass is 329 g/mol. The Morgan fingerprint density at radius 1 is 1.36 bits per heavy atom. The summed E-state index contributed by atoms with van der Waals surface area (Å²) in [5, 5.41) is 8.58. The fourth-order valence-corrected chi connectivity index (χ4v) is 1.89. The molecule has 0 heterocycles. The van der Waals surface area contributed by atoms with Gasteiger partial charge in [-0.2, -0.15) is 18.4 Å². The maximum absolute atomic E-state index is 12.4. The molecule has 6 heteroatoms. The van der Waals surface area contributed by atoms with Gasteiger partial charge < -0.3 is 0 Å². The van der Waals surface area contributed by atoms with Gasteiger partial charge in [0.15, 0.2) is 0 Å². The van der Waals surface area contributed by atoms with E-state index < -0.39 is 11.7 Å². The molecule has 1 aromatic carbocycles. The van der Waals surface area contributed by atoms with Crippen molar-refractivity contribution in [1.82, 2.24) is 0 Å². The summed E-state index contributed by atoms with van der Waals surface area (Å²) in [6, 6.07) is 3.91. The molecule has 0 radical (unpaired) electrons. The second kappa shape index (κ2) is 3.98. The molecule has 0 aliphatic heterocycles. The molecule has 0 spiro atoms. The summed E-state index contributed by atoms with van der Waals surface area (Å²) in [5.74, 6) is 0. The van der Waals surface area contributed by atoms with E-state index in [1.54, 1.807) is 6.07 Å². The van der Waals surface area contributed by atoms with Crippen LogP contribution in [0.25, 0.3) is 0 Å². The van der Waals surface area contributed by atoms with E-state index in [0.717, 1.165) is 6.07 Å². The number of nitrogens with zero attached hydrogens (tertiary/aromatic N) is 1. The van der Waals surface area contributed by atoms with E-state index in [1.807, 2.05) is 0 Å². The normalized spacial score (nSPS) is 11.1. The molecule has 0 bridgehead atoms. The standard InChI is InChI=1S/C8H3F3INS/c9-8(10,11)6-2-5(14)1-4(3-13)7(6)12/h1-2,14H. The van der Waals surface area contributed by atoms with Crippen LogP contribution in [0.4, 0.5) is 13.2 Å². The van der Waals surface area contributed by atoms with Crippen molar-refractivity contribution in [2.75, 3.05) is 0 Å². The van der Waals surface area contributed by atoms with Crippen LogP contribution >= 0.6 is 35.2 Å². The lowest BCUT2D eigenvalue weighted by Gasteiger charge is -2.10. The lowest BCUT2D eigenvalue weighted by molar-refractivity contribution is -0.138. The SMILES string of the molecule is N#Cc1cc(S)cc(C(F)(F)F)c1I. The number of alkyl halides is 3. The van der Waals surface area contributed by atoms with Crippen molar-refractivity contribution in [2.45, 2.75) is 11.1 Å². The third-order valence-electron chi connectivity index (χ3n) is 1.48. The van der Waals surface area contributed by atoms with E-state index in [1.165, 1.54) is 28.7 Å². The van der Waals surface area contributed by atoms with E-state index in [0.29, 0.717) is 0 Å². The molecule has 74 valence electrons. The van der Waals surface area contributed by atoms with E-state index in [2.05, 4.69) is 12.6 Å². The largest absolute Gasteiger partial charge is 0.417 e. The fourth-order valence-electron chi connectivity index (χ4n) is 0.897. The fraction of sp³-hybridized carbons (Fsp3) is 0.125. The molecule has 14 heavy (non-hydrogen) atoms. The highest BCUT2D eigenvalue weighted by Gasteiger charge is 2.34. The summed E-state index contributed by atoms with van der Waals surface area (Å²) < 4.78 is 37.1. The van der Waals surface area contributed by atoms with Gasteiger partial charge in [0.2, 0.25) is 0 Å². The second-order valence-electron chi connectivity index (χ2n) is 2.46. The highest BCUT2D eigenvalue weighted by Crippen LogP contribution is 2.35. The number of benzene rings is 1. The van der Waals surface area contributed by atoms with Gasteiger partial charge >= 0.3 is 6.18 Å². The number of halogens is 4. The predicted molar refractivity (Wildman–Crippen MR) is 56.1 cm³/mol. The van der Waals surface area contributed by atoms with Crippen LogP contribution in [0.15, 0.2) is 17.0 Å². The summed E-state index contributed by atoms with van der Waals surface area (Å²) in [6.45, 7) is 0. The van der Waals surface area contributed by atoms with Gasteiger partial charge in [-0.25, -0.2) is 0 Å². The minimum atomic E-state index is -4.44. The number of thiol groups is 1. The van der Waals surface area contributed by atoms with Gasteiger partial charge in [0, 0.05) is 8.47 Å². The second-order valence-corrected chi connectivity index (χ2v) is 4.06. The number of rotatable bonds is 0. The molecule has 0 fully saturated rings. The van der Waals surface area contributed by atoms with Crippen molar-refractivity contribution in [1.29, 1.82) is 5.26 Å². The van der Waals surface area contributed by atoms with Crippen molar-refractivity contribution >= 4 is 35.2 Å². The van der Waals surface area contributed by atoms with Crippen LogP contribution in [0.5, 0.6) is 0 Å². The smallest absolute Gasteiger partial charge is 0.192 e. The van der Waals surface area contributed by atoms with E-state index in [9.17, 15) is 13.2 Å². The first kappa shape index (κ1) is 11.7. The molecule has 0 saturated heterocycles. The minimum absolute atomic E-state index is 0.00887. The molecule has 0 saturated carbocycles. The number of hydrogen-bond acceptors (Lipinski definition) is 2. The zero-order valence-corrected chi connectivity index (χ0v) is 9.61. The summed E-state index contributed by atoms with van der Waals surface area (Å²) >= 11 is 5.31. The Morgan fingerprint density at radius 3 is 2.36 bits per heavy atom. The van der Waals surface area contributed by atoms with Crippen LogP contribution in [-0.2, 0) is 6.18 Å². The van der Waals surface area contributed by atoms with Crippen molar-refractivity contribution in [2.24, 2.45) is 0 Å². The molecule has 0 N–H and O–H groups in total. The highest BCUT2D eigenvalue weighted by atomic mass is 127. The maximum Gasteiger partial charge on any atom is 0.417 e. The van der Waals surface area contributed by atoms with Crippen molar-refractivity contribution in [3.05, 3.63) is 26.8 Å². The molecule has 1 nitrogen and oxygen atoms in total. The van der Waals surface area contributed by atoms with E-state index >= 15 is 0 Å². The molecule has 0 atom stereocenters. The minimum Gasteiger partial charge on any atom is -0.192 e. The third kappa shape index (κ3) is 2.33. The Kier molecular flexibility index (Phi) is 3.32. The Balaban J connectivity index is 3.47. The highest BCUT2D eigenvalue weighted by molar-refractivity contribution is 14.1. The Morgan fingerprint density at radius 2 is 1.93 bits per heavy atom. The molecule has 0 amide bonds. The van der Waals surface area contributed by atoms with Crippen LogP contribution in [0.1, 0.15) is 11.1 Å². The van der Waals surface area contributed by atoms with E-state index in [4.69, 9.17) is 5.26 Å². The van der Waals surface area contributed by atoms with Crippen molar-refractivity contribution in [3.8, 4) is 6.07 Å². The van der Waals surface area contributed by atoms with Crippen LogP contribution in [0.3, 0.4) is 0 Å². The molecule has 0 aromatic heterocycles. The van der Waals surface area contributed by atoms with Gasteiger partial charge in [0.1, 0.15) is 6.07 Å². The summed E-state index contributed by atoms with van der Waals surface area (Å²) in [5.41, 5.74) is -0.826. The first-order valence-corrected chi connectivity index (χ1v) is 4.88.